The molecular formula is C17H20N4O2S. The van der Waals surface area contributed by atoms with Crippen LogP contribution in [0.2, 0.25) is 0 Å². The minimum Gasteiger partial charge on any atom is -0.351 e. The number of anilines is 1. The van der Waals surface area contributed by atoms with E-state index >= 15 is 0 Å². The monoisotopic (exact) mass is 344 g/mol. The summed E-state index contributed by atoms with van der Waals surface area (Å²) in [6.45, 7) is 1.26. The highest BCUT2D eigenvalue weighted by Crippen LogP contribution is 2.25. The number of aryl methyl sites for hydroxylation is 2. The quantitative estimate of drug-likeness (QED) is 0.729. The van der Waals surface area contributed by atoms with Crippen LogP contribution in [0, 0.1) is 0 Å². The third-order valence-electron chi connectivity index (χ3n) is 3.77. The molecule has 0 atom stereocenters. The Morgan fingerprint density at radius 1 is 1.29 bits per heavy atom. The number of nitrogens with zero attached hydrogens (tertiary/aromatic N) is 1. The molecule has 0 saturated heterocycles. The molecule has 24 heavy (non-hydrogen) atoms. The molecule has 6 nitrogen and oxygen atoms in total. The van der Waals surface area contributed by atoms with E-state index < -0.39 is 0 Å². The number of nitrogens with one attached hydrogen (secondary N) is 3. The number of aromatic nitrogens is 1. The van der Waals surface area contributed by atoms with Gasteiger partial charge in [0.15, 0.2) is 5.13 Å². The number of urea groups is 1. The number of carbonyl (C=O) groups excluding carboxylic acids is 2. The number of hydrogen-bond donors (Lipinski definition) is 3. The maximum atomic E-state index is 11.9. The van der Waals surface area contributed by atoms with Crippen molar-refractivity contribution in [2.75, 3.05) is 18.4 Å². The fourth-order valence-electron chi connectivity index (χ4n) is 2.57. The van der Waals surface area contributed by atoms with Gasteiger partial charge < -0.3 is 10.6 Å². The molecule has 1 aliphatic heterocycles. The number of benzene rings is 1. The number of fused-ring (bicyclic) bond motifs is 1. The fraction of sp³-hybridized carbons (Fsp3) is 0.353. The summed E-state index contributed by atoms with van der Waals surface area (Å²) in [5, 5.41) is 8.84. The zero-order chi connectivity index (χ0) is 16.8. The van der Waals surface area contributed by atoms with Gasteiger partial charge in [0.25, 0.3) is 5.91 Å². The Hall–Kier alpha value is -2.41. The predicted octanol–water partition coefficient (Wildman–Crippen LogP) is 2.57. The van der Waals surface area contributed by atoms with Crippen molar-refractivity contribution >= 4 is 28.4 Å². The summed E-state index contributed by atoms with van der Waals surface area (Å²) in [6, 6.07) is 9.88. The van der Waals surface area contributed by atoms with Gasteiger partial charge in [0, 0.05) is 13.1 Å². The van der Waals surface area contributed by atoms with Gasteiger partial charge in [-0.15, -0.1) is 0 Å². The fourth-order valence-corrected chi connectivity index (χ4v) is 3.49. The van der Waals surface area contributed by atoms with Crippen LogP contribution >= 0.6 is 11.3 Å². The molecule has 1 aliphatic rings. The smallest absolute Gasteiger partial charge is 0.321 e. The van der Waals surface area contributed by atoms with E-state index in [9.17, 15) is 9.59 Å². The van der Waals surface area contributed by atoms with Crippen LogP contribution in [-0.2, 0) is 12.8 Å². The number of hydrogen-bond acceptors (Lipinski definition) is 4. The molecule has 126 valence electrons. The molecule has 0 aliphatic carbocycles. The lowest BCUT2D eigenvalue weighted by Gasteiger charge is -2.05. The van der Waals surface area contributed by atoms with Gasteiger partial charge in [0.05, 0.1) is 5.69 Å². The molecular weight excluding hydrogens is 324 g/mol. The third-order valence-corrected chi connectivity index (χ3v) is 4.78. The van der Waals surface area contributed by atoms with E-state index in [0.717, 1.165) is 31.4 Å². The molecule has 0 bridgehead atoms. The number of carbonyl (C=O) groups is 2. The van der Waals surface area contributed by atoms with Crippen molar-refractivity contribution in [2.24, 2.45) is 0 Å². The number of thiazole rings is 1. The second-order valence-electron chi connectivity index (χ2n) is 5.62. The molecule has 0 spiro atoms. The molecule has 0 fully saturated rings. The summed E-state index contributed by atoms with van der Waals surface area (Å²) in [6.07, 6.45) is 3.42. The van der Waals surface area contributed by atoms with Crippen molar-refractivity contribution in [3.05, 3.63) is 46.5 Å². The van der Waals surface area contributed by atoms with Gasteiger partial charge in [-0.2, -0.15) is 0 Å². The summed E-state index contributed by atoms with van der Waals surface area (Å²) >= 11 is 1.23. The molecule has 2 aromatic rings. The highest BCUT2D eigenvalue weighted by Gasteiger charge is 2.21. The molecule has 3 N–H and O–H groups in total. The maximum absolute atomic E-state index is 11.9. The van der Waals surface area contributed by atoms with Crippen molar-refractivity contribution < 1.29 is 9.59 Å². The van der Waals surface area contributed by atoms with Crippen LogP contribution < -0.4 is 16.0 Å². The highest BCUT2D eigenvalue weighted by atomic mass is 32.1. The molecule has 0 radical (unpaired) electrons. The molecule has 1 aromatic carbocycles. The maximum Gasteiger partial charge on any atom is 0.321 e. The lowest BCUT2D eigenvalue weighted by molar-refractivity contribution is 0.0960. The molecule has 3 rings (SSSR count). The normalized spacial score (nSPS) is 13.6. The number of rotatable bonds is 5. The van der Waals surface area contributed by atoms with Crippen LogP contribution in [0.5, 0.6) is 0 Å². The Balaban J connectivity index is 1.45. The Morgan fingerprint density at radius 3 is 2.96 bits per heavy atom. The summed E-state index contributed by atoms with van der Waals surface area (Å²) in [5.41, 5.74) is 2.03. The van der Waals surface area contributed by atoms with Crippen LogP contribution in [-0.4, -0.2) is 30.0 Å². The predicted molar refractivity (Wildman–Crippen MR) is 94.6 cm³/mol. The topological polar surface area (TPSA) is 83.1 Å². The van der Waals surface area contributed by atoms with E-state index in [2.05, 4.69) is 33.1 Å². The first-order valence-corrected chi connectivity index (χ1v) is 8.91. The van der Waals surface area contributed by atoms with Crippen molar-refractivity contribution in [3.63, 3.8) is 0 Å². The zero-order valence-corrected chi connectivity index (χ0v) is 14.1. The minimum absolute atomic E-state index is 0.101. The molecule has 0 unspecified atom stereocenters. The van der Waals surface area contributed by atoms with E-state index in [1.54, 1.807) is 0 Å². The Bertz CT molecular complexity index is 715. The van der Waals surface area contributed by atoms with Gasteiger partial charge >= 0.3 is 6.03 Å². The Morgan fingerprint density at radius 2 is 2.12 bits per heavy atom. The third kappa shape index (κ3) is 4.32. The van der Waals surface area contributed by atoms with Crippen LogP contribution in [0.3, 0.4) is 0 Å². The largest absolute Gasteiger partial charge is 0.351 e. The first-order valence-electron chi connectivity index (χ1n) is 8.09. The average Bonchev–Trinajstić information content (AvgIpc) is 2.91. The molecule has 2 heterocycles. The summed E-state index contributed by atoms with van der Waals surface area (Å²) in [4.78, 5) is 28.8. The molecule has 7 heteroatoms. The first kappa shape index (κ1) is 16.4. The lowest BCUT2D eigenvalue weighted by atomic mass is 10.1. The Labute approximate surface area is 144 Å². The standard InChI is InChI=1S/C17H20N4O2S/c22-15-14-13(9-5-10-18-15)20-17(24-14)21-16(23)19-11-4-8-12-6-2-1-3-7-12/h1-3,6-7H,4-5,8-11H2,(H,18,22)(H2,19,20,21,23). The van der Waals surface area contributed by atoms with Crippen LogP contribution in [0.25, 0.3) is 0 Å². The first-order chi connectivity index (χ1) is 11.7. The Kier molecular flexibility index (Phi) is 5.43. The molecule has 0 saturated carbocycles. The second-order valence-corrected chi connectivity index (χ2v) is 6.62. The van der Waals surface area contributed by atoms with Crippen molar-refractivity contribution in [1.29, 1.82) is 0 Å². The van der Waals surface area contributed by atoms with Gasteiger partial charge in [-0.3, -0.25) is 10.1 Å². The van der Waals surface area contributed by atoms with E-state index in [-0.39, 0.29) is 11.9 Å². The van der Waals surface area contributed by atoms with Gasteiger partial charge in [-0.25, -0.2) is 9.78 Å². The second kappa shape index (κ2) is 7.92. The average molecular weight is 344 g/mol. The van der Waals surface area contributed by atoms with E-state index in [1.165, 1.54) is 16.9 Å². The van der Waals surface area contributed by atoms with E-state index in [4.69, 9.17) is 0 Å². The van der Waals surface area contributed by atoms with Crippen LogP contribution in [0.15, 0.2) is 30.3 Å². The van der Waals surface area contributed by atoms with Gasteiger partial charge in [0.1, 0.15) is 4.88 Å². The summed E-state index contributed by atoms with van der Waals surface area (Å²) in [5.74, 6) is -0.101. The van der Waals surface area contributed by atoms with Gasteiger partial charge in [-0.1, -0.05) is 41.7 Å². The summed E-state index contributed by atoms with van der Waals surface area (Å²) in [7, 11) is 0. The van der Waals surface area contributed by atoms with Crippen molar-refractivity contribution in [3.8, 4) is 0 Å². The summed E-state index contributed by atoms with van der Waals surface area (Å²) < 4.78 is 0. The SMILES string of the molecule is O=C(NCCCc1ccccc1)Nc1nc2c(s1)C(=O)NCCC2. The van der Waals surface area contributed by atoms with Crippen molar-refractivity contribution in [1.82, 2.24) is 15.6 Å². The van der Waals surface area contributed by atoms with Crippen LogP contribution in [0.1, 0.15) is 33.8 Å². The van der Waals surface area contributed by atoms with E-state index in [1.807, 2.05) is 18.2 Å². The lowest BCUT2D eigenvalue weighted by Crippen LogP contribution is -2.29. The molecule has 3 amide bonds. The van der Waals surface area contributed by atoms with Gasteiger partial charge in [-0.05, 0) is 31.2 Å². The highest BCUT2D eigenvalue weighted by molar-refractivity contribution is 7.17. The van der Waals surface area contributed by atoms with Crippen molar-refractivity contribution in [2.45, 2.75) is 25.7 Å². The number of amides is 3. The molecule has 1 aromatic heterocycles. The van der Waals surface area contributed by atoms with Crippen LogP contribution in [0.4, 0.5) is 9.93 Å². The van der Waals surface area contributed by atoms with Gasteiger partial charge in [0.2, 0.25) is 0 Å². The zero-order valence-electron chi connectivity index (χ0n) is 13.3. The van der Waals surface area contributed by atoms with E-state index in [0.29, 0.717) is 23.1 Å². The minimum atomic E-state index is -0.285.